The van der Waals surface area contributed by atoms with Gasteiger partial charge in [-0.2, -0.15) is 0 Å². The maximum atomic E-state index is 4.86. The van der Waals surface area contributed by atoms with Gasteiger partial charge in [-0.15, -0.1) is 0 Å². The van der Waals surface area contributed by atoms with Crippen LogP contribution in [0.25, 0.3) is 20.4 Å². The molecule has 0 aliphatic rings. The van der Waals surface area contributed by atoms with Gasteiger partial charge in [-0.3, -0.25) is 0 Å². The molecule has 1 heterocycles. The third-order valence-electron chi connectivity index (χ3n) is 3.96. The van der Waals surface area contributed by atoms with E-state index in [4.69, 9.17) is 4.98 Å². The molecule has 0 aliphatic carbocycles. The Kier molecular flexibility index (Phi) is 5.27. The Bertz CT molecular complexity index is 846. The van der Waals surface area contributed by atoms with Crippen LogP contribution in [-0.2, 0) is 6.42 Å². The monoisotopic (exact) mass is 347 g/mol. The number of aromatic nitrogens is 1. The molecule has 3 rings (SSSR count). The first-order valence-corrected chi connectivity index (χ1v) is 8.37. The SMILES string of the molecule is CCc1c(N(C)C)ccc2nc3ccc(N(C)C)cc3[s+]c12.[Cl-]. The summed E-state index contributed by atoms with van der Waals surface area (Å²) in [5.74, 6) is 0. The summed E-state index contributed by atoms with van der Waals surface area (Å²) in [5, 5.41) is 0. The van der Waals surface area contributed by atoms with E-state index in [0.717, 1.165) is 17.5 Å². The second kappa shape index (κ2) is 6.85. The van der Waals surface area contributed by atoms with E-state index >= 15 is 0 Å². The van der Waals surface area contributed by atoms with Gasteiger partial charge >= 0.3 is 0 Å². The van der Waals surface area contributed by atoms with Crippen molar-refractivity contribution in [3.63, 3.8) is 0 Å². The molecule has 0 bridgehead atoms. The Hall–Kier alpha value is -1.65. The summed E-state index contributed by atoms with van der Waals surface area (Å²) in [6, 6.07) is 10.8. The number of halogens is 1. The van der Waals surface area contributed by atoms with Gasteiger partial charge in [0.1, 0.15) is 11.0 Å². The smallest absolute Gasteiger partial charge is 0.262 e. The van der Waals surface area contributed by atoms with Crippen molar-refractivity contribution in [1.29, 1.82) is 0 Å². The molecular formula is C18H22ClN3S. The fourth-order valence-corrected chi connectivity index (χ4v) is 3.97. The third-order valence-corrected chi connectivity index (χ3v) is 5.17. The van der Waals surface area contributed by atoms with Crippen LogP contribution >= 0.6 is 11.3 Å². The Labute approximate surface area is 148 Å². The van der Waals surface area contributed by atoms with Crippen molar-refractivity contribution < 1.29 is 12.4 Å². The molecule has 3 nitrogen and oxygen atoms in total. The number of rotatable bonds is 3. The highest BCUT2D eigenvalue weighted by atomic mass is 35.5. The Balaban J connectivity index is 0.00000192. The molecule has 0 aliphatic heterocycles. The largest absolute Gasteiger partial charge is 1.00 e. The first kappa shape index (κ1) is 17.7. The molecule has 3 aromatic rings. The van der Waals surface area contributed by atoms with Crippen LogP contribution in [-0.4, -0.2) is 33.2 Å². The molecule has 0 saturated heterocycles. The van der Waals surface area contributed by atoms with Crippen molar-refractivity contribution in [1.82, 2.24) is 4.98 Å². The molecule has 0 fully saturated rings. The van der Waals surface area contributed by atoms with Gasteiger partial charge in [-0.25, -0.2) is 4.98 Å². The molecular weight excluding hydrogens is 326 g/mol. The Morgan fingerprint density at radius 3 is 2.26 bits per heavy atom. The van der Waals surface area contributed by atoms with Crippen LogP contribution < -0.4 is 22.2 Å². The Morgan fingerprint density at radius 1 is 0.957 bits per heavy atom. The average Bonchev–Trinajstić information content (AvgIpc) is 2.50. The molecule has 0 unspecified atom stereocenters. The lowest BCUT2D eigenvalue weighted by molar-refractivity contribution is -0.00000453. The average molecular weight is 348 g/mol. The molecule has 1 aromatic heterocycles. The van der Waals surface area contributed by atoms with E-state index in [9.17, 15) is 0 Å². The van der Waals surface area contributed by atoms with E-state index in [1.54, 1.807) is 0 Å². The van der Waals surface area contributed by atoms with Gasteiger partial charge in [0.2, 0.25) is 11.3 Å². The van der Waals surface area contributed by atoms with Crippen LogP contribution in [0.2, 0.25) is 0 Å². The van der Waals surface area contributed by atoms with Gasteiger partial charge in [0.25, 0.3) is 9.40 Å². The van der Waals surface area contributed by atoms with Crippen LogP contribution in [0, 0.1) is 0 Å². The minimum Gasteiger partial charge on any atom is -1.00 e. The topological polar surface area (TPSA) is 19.4 Å². The summed E-state index contributed by atoms with van der Waals surface area (Å²) in [7, 11) is 8.34. The first-order valence-electron chi connectivity index (χ1n) is 7.55. The molecule has 122 valence electrons. The summed E-state index contributed by atoms with van der Waals surface area (Å²) in [4.78, 5) is 9.18. The second-order valence-corrected chi connectivity index (χ2v) is 6.97. The van der Waals surface area contributed by atoms with Crippen LogP contribution in [0.4, 0.5) is 11.4 Å². The predicted molar refractivity (Wildman–Crippen MR) is 99.6 cm³/mol. The van der Waals surface area contributed by atoms with E-state index in [2.05, 4.69) is 75.2 Å². The van der Waals surface area contributed by atoms with Gasteiger partial charge in [-0.1, -0.05) is 6.92 Å². The molecule has 23 heavy (non-hydrogen) atoms. The van der Waals surface area contributed by atoms with E-state index < -0.39 is 0 Å². The van der Waals surface area contributed by atoms with E-state index in [1.807, 2.05) is 11.3 Å². The summed E-state index contributed by atoms with van der Waals surface area (Å²) < 4.78 is 2.54. The fraction of sp³-hybridized carbons (Fsp3) is 0.333. The number of hydrogen-bond acceptors (Lipinski definition) is 3. The zero-order chi connectivity index (χ0) is 15.9. The third kappa shape index (κ3) is 3.19. The predicted octanol–water partition coefficient (Wildman–Crippen LogP) is 1.43. The van der Waals surface area contributed by atoms with Crippen LogP contribution in [0.5, 0.6) is 0 Å². The summed E-state index contributed by atoms with van der Waals surface area (Å²) in [6.07, 6.45) is 1.02. The van der Waals surface area contributed by atoms with Gasteiger partial charge in [-0.05, 0) is 30.7 Å². The van der Waals surface area contributed by atoms with Crippen LogP contribution in [0.1, 0.15) is 12.5 Å². The highest BCUT2D eigenvalue weighted by Gasteiger charge is 2.20. The minimum atomic E-state index is 0. The first-order chi connectivity index (χ1) is 10.5. The molecule has 0 N–H and O–H groups in total. The lowest BCUT2D eigenvalue weighted by atomic mass is 10.1. The lowest BCUT2D eigenvalue weighted by Crippen LogP contribution is -3.00. The molecule has 0 radical (unpaired) electrons. The van der Waals surface area contributed by atoms with Crippen molar-refractivity contribution in [2.45, 2.75) is 13.3 Å². The van der Waals surface area contributed by atoms with Crippen molar-refractivity contribution in [3.05, 3.63) is 35.9 Å². The number of fused-ring (bicyclic) bond motifs is 2. The molecule has 0 atom stereocenters. The normalized spacial score (nSPS) is 10.7. The summed E-state index contributed by atoms with van der Waals surface area (Å²) in [5.41, 5.74) is 6.06. The minimum absolute atomic E-state index is 0. The lowest BCUT2D eigenvalue weighted by Gasteiger charge is -2.15. The molecule has 0 spiro atoms. The van der Waals surface area contributed by atoms with E-state index in [1.165, 1.54) is 26.3 Å². The maximum Gasteiger partial charge on any atom is 0.262 e. The van der Waals surface area contributed by atoms with Gasteiger partial charge in [0.15, 0.2) is 0 Å². The van der Waals surface area contributed by atoms with E-state index in [-0.39, 0.29) is 12.4 Å². The number of hydrogen-bond donors (Lipinski definition) is 0. The summed E-state index contributed by atoms with van der Waals surface area (Å²) >= 11 is 1.85. The zero-order valence-electron chi connectivity index (χ0n) is 14.2. The Morgan fingerprint density at radius 2 is 1.65 bits per heavy atom. The van der Waals surface area contributed by atoms with Crippen molar-refractivity contribution in [2.24, 2.45) is 0 Å². The zero-order valence-corrected chi connectivity index (χ0v) is 15.8. The fourth-order valence-electron chi connectivity index (χ4n) is 2.76. The highest BCUT2D eigenvalue weighted by molar-refractivity contribution is 7.24. The van der Waals surface area contributed by atoms with Crippen LogP contribution in [0.3, 0.4) is 0 Å². The highest BCUT2D eigenvalue weighted by Crippen LogP contribution is 2.34. The molecule has 5 heteroatoms. The molecule has 2 aromatic carbocycles. The molecule has 0 amide bonds. The second-order valence-electron chi connectivity index (χ2n) is 5.92. The van der Waals surface area contributed by atoms with E-state index in [0.29, 0.717) is 0 Å². The van der Waals surface area contributed by atoms with Gasteiger partial charge in [0.05, 0.1) is 0 Å². The quantitative estimate of drug-likeness (QED) is 0.528. The van der Waals surface area contributed by atoms with Gasteiger partial charge in [0, 0.05) is 51.2 Å². The van der Waals surface area contributed by atoms with Gasteiger partial charge < -0.3 is 22.2 Å². The number of benzene rings is 2. The number of anilines is 2. The standard InChI is InChI=1S/C18H22N3S.ClH/c1-6-13-16(21(4)5)10-9-15-18(13)22-17-11-12(20(2)3)7-8-14(17)19-15;/h7-11H,6H2,1-5H3;1H/q+1;/p-1. The summed E-state index contributed by atoms with van der Waals surface area (Å²) in [6.45, 7) is 2.22. The number of aryl methyl sites for hydroxylation is 1. The van der Waals surface area contributed by atoms with Crippen molar-refractivity contribution in [2.75, 3.05) is 38.0 Å². The van der Waals surface area contributed by atoms with Crippen molar-refractivity contribution >= 4 is 43.1 Å². The molecule has 0 saturated carbocycles. The van der Waals surface area contributed by atoms with Crippen LogP contribution in [0.15, 0.2) is 30.3 Å². The maximum absolute atomic E-state index is 4.86. The number of nitrogens with zero attached hydrogens (tertiary/aromatic N) is 3. The van der Waals surface area contributed by atoms with Crippen molar-refractivity contribution in [3.8, 4) is 0 Å².